The summed E-state index contributed by atoms with van der Waals surface area (Å²) in [4.78, 5) is 16.0. The maximum atomic E-state index is 11.6. The van der Waals surface area contributed by atoms with E-state index in [1.165, 1.54) is 12.8 Å². The monoisotopic (exact) mass is 227 g/mol. The smallest absolute Gasteiger partial charge is 0.234 e. The molecule has 0 spiro atoms. The van der Waals surface area contributed by atoms with Crippen molar-refractivity contribution in [1.29, 1.82) is 0 Å². The highest BCUT2D eigenvalue weighted by atomic mass is 16.2. The minimum absolute atomic E-state index is 0.163. The van der Waals surface area contributed by atoms with E-state index < -0.39 is 0 Å². The fraction of sp³-hybridized carbons (Fsp3) is 0.917. The van der Waals surface area contributed by atoms with Crippen molar-refractivity contribution in [1.82, 2.24) is 15.1 Å². The predicted octanol–water partition coefficient (Wildman–Crippen LogP) is 0.396. The zero-order chi connectivity index (χ0) is 12.0. The molecule has 4 heteroatoms. The van der Waals surface area contributed by atoms with Gasteiger partial charge in [-0.2, -0.15) is 0 Å². The van der Waals surface area contributed by atoms with Crippen molar-refractivity contribution in [3.05, 3.63) is 0 Å². The van der Waals surface area contributed by atoms with Crippen LogP contribution < -0.4 is 5.32 Å². The Labute approximate surface area is 99.0 Å². The maximum Gasteiger partial charge on any atom is 0.234 e. The molecule has 1 amide bonds. The van der Waals surface area contributed by atoms with E-state index in [2.05, 4.69) is 22.0 Å². The number of rotatable bonds is 5. The summed E-state index contributed by atoms with van der Waals surface area (Å²) in [5, 5.41) is 2.95. The second-order valence-corrected chi connectivity index (χ2v) is 5.14. The van der Waals surface area contributed by atoms with Gasteiger partial charge in [-0.05, 0) is 39.4 Å². The molecule has 1 N–H and O–H groups in total. The van der Waals surface area contributed by atoms with E-state index in [0.717, 1.165) is 32.1 Å². The van der Waals surface area contributed by atoms with E-state index in [1.54, 1.807) is 0 Å². The summed E-state index contributed by atoms with van der Waals surface area (Å²) < 4.78 is 0. The number of carbonyl (C=O) groups excluding carboxylic acids is 1. The van der Waals surface area contributed by atoms with Gasteiger partial charge in [-0.3, -0.25) is 9.69 Å². The Balaban J connectivity index is 2.13. The first-order valence-corrected chi connectivity index (χ1v) is 6.21. The number of likely N-dealkylation sites (N-methyl/N-ethyl adjacent to an activating group) is 1. The number of likely N-dealkylation sites (tertiary alicyclic amines) is 1. The molecule has 0 radical (unpaired) electrons. The lowest BCUT2D eigenvalue weighted by atomic mass is 10.0. The van der Waals surface area contributed by atoms with E-state index in [-0.39, 0.29) is 5.91 Å². The summed E-state index contributed by atoms with van der Waals surface area (Å²) in [5.41, 5.74) is 0. The second kappa shape index (κ2) is 6.86. The molecule has 0 aromatic heterocycles. The lowest BCUT2D eigenvalue weighted by molar-refractivity contribution is -0.122. The van der Waals surface area contributed by atoms with Crippen LogP contribution in [0.25, 0.3) is 0 Å². The third kappa shape index (κ3) is 5.47. The van der Waals surface area contributed by atoms with Crippen LogP contribution in [0.15, 0.2) is 0 Å². The van der Waals surface area contributed by atoms with Gasteiger partial charge in [-0.25, -0.2) is 0 Å². The van der Waals surface area contributed by atoms with Crippen molar-refractivity contribution in [2.24, 2.45) is 5.92 Å². The Morgan fingerprint density at radius 1 is 1.50 bits per heavy atom. The summed E-state index contributed by atoms with van der Waals surface area (Å²) in [5.74, 6) is 0.902. The van der Waals surface area contributed by atoms with Gasteiger partial charge < -0.3 is 10.2 Å². The number of piperidine rings is 1. The highest BCUT2D eigenvalue weighted by Gasteiger charge is 2.18. The van der Waals surface area contributed by atoms with E-state index in [4.69, 9.17) is 0 Å². The maximum absolute atomic E-state index is 11.6. The van der Waals surface area contributed by atoms with E-state index in [0.29, 0.717) is 6.54 Å². The van der Waals surface area contributed by atoms with Crippen LogP contribution in [0.5, 0.6) is 0 Å². The molecule has 0 aliphatic carbocycles. The molecule has 0 bridgehead atoms. The van der Waals surface area contributed by atoms with Gasteiger partial charge in [0.1, 0.15) is 0 Å². The van der Waals surface area contributed by atoms with Crippen molar-refractivity contribution in [3.63, 3.8) is 0 Å². The van der Waals surface area contributed by atoms with Crippen LogP contribution in [-0.4, -0.2) is 62.5 Å². The summed E-state index contributed by atoms with van der Waals surface area (Å²) in [7, 11) is 4.02. The van der Waals surface area contributed by atoms with Gasteiger partial charge in [-0.1, -0.05) is 6.92 Å². The van der Waals surface area contributed by atoms with Crippen LogP contribution in [0.1, 0.15) is 19.8 Å². The quantitative estimate of drug-likeness (QED) is 0.738. The van der Waals surface area contributed by atoms with Crippen LogP contribution in [-0.2, 0) is 4.79 Å². The van der Waals surface area contributed by atoms with E-state index in [1.807, 2.05) is 14.1 Å². The minimum Gasteiger partial charge on any atom is -0.354 e. The molecule has 4 nitrogen and oxygen atoms in total. The molecule has 1 fully saturated rings. The van der Waals surface area contributed by atoms with Crippen LogP contribution in [0, 0.1) is 5.92 Å². The van der Waals surface area contributed by atoms with Crippen LogP contribution in [0.2, 0.25) is 0 Å². The van der Waals surface area contributed by atoms with Gasteiger partial charge in [0.05, 0.1) is 6.54 Å². The topological polar surface area (TPSA) is 35.6 Å². The van der Waals surface area contributed by atoms with Crippen molar-refractivity contribution in [2.75, 3.05) is 46.8 Å². The Kier molecular flexibility index (Phi) is 5.77. The molecule has 94 valence electrons. The van der Waals surface area contributed by atoms with Crippen LogP contribution in [0.4, 0.5) is 0 Å². The van der Waals surface area contributed by atoms with Gasteiger partial charge in [0, 0.05) is 19.6 Å². The molecule has 1 unspecified atom stereocenters. The number of amides is 1. The molecule has 16 heavy (non-hydrogen) atoms. The molecule has 1 saturated heterocycles. The summed E-state index contributed by atoms with van der Waals surface area (Å²) in [6.07, 6.45) is 2.53. The highest BCUT2D eigenvalue weighted by molar-refractivity contribution is 5.78. The summed E-state index contributed by atoms with van der Waals surface area (Å²) in [6, 6.07) is 0. The highest BCUT2D eigenvalue weighted by Crippen LogP contribution is 2.14. The van der Waals surface area contributed by atoms with Gasteiger partial charge >= 0.3 is 0 Å². The molecule has 1 atom stereocenters. The molecule has 0 aromatic rings. The number of hydrogen-bond donors (Lipinski definition) is 1. The molecule has 1 rings (SSSR count). The Hall–Kier alpha value is -0.610. The van der Waals surface area contributed by atoms with Gasteiger partial charge in [0.2, 0.25) is 5.91 Å². The lowest BCUT2D eigenvalue weighted by Crippen LogP contribution is -2.43. The van der Waals surface area contributed by atoms with Crippen molar-refractivity contribution in [3.8, 4) is 0 Å². The van der Waals surface area contributed by atoms with Crippen molar-refractivity contribution < 1.29 is 4.79 Å². The fourth-order valence-electron chi connectivity index (χ4n) is 2.11. The van der Waals surface area contributed by atoms with Gasteiger partial charge in [0.15, 0.2) is 0 Å². The van der Waals surface area contributed by atoms with Crippen molar-refractivity contribution in [2.45, 2.75) is 19.8 Å². The lowest BCUT2D eigenvalue weighted by Gasteiger charge is -2.30. The zero-order valence-corrected chi connectivity index (χ0v) is 10.8. The minimum atomic E-state index is 0.163. The molecular weight excluding hydrogens is 202 g/mol. The predicted molar refractivity (Wildman–Crippen MR) is 66.4 cm³/mol. The normalized spacial score (nSPS) is 22.4. The number of hydrogen-bond acceptors (Lipinski definition) is 3. The summed E-state index contributed by atoms with van der Waals surface area (Å²) >= 11 is 0. The first-order chi connectivity index (χ1) is 7.58. The number of nitrogens with one attached hydrogen (secondary N) is 1. The average molecular weight is 227 g/mol. The van der Waals surface area contributed by atoms with E-state index in [9.17, 15) is 4.79 Å². The van der Waals surface area contributed by atoms with Crippen LogP contribution in [0.3, 0.4) is 0 Å². The second-order valence-electron chi connectivity index (χ2n) is 5.14. The summed E-state index contributed by atoms with van der Waals surface area (Å²) in [6.45, 7) is 6.62. The standard InChI is InChI=1S/C12H25N3O/c1-11-5-4-7-15(9-11)10-12(16)13-6-8-14(2)3/h11H,4-10H2,1-3H3,(H,13,16). The first kappa shape index (κ1) is 13.5. The fourth-order valence-corrected chi connectivity index (χ4v) is 2.11. The Bertz CT molecular complexity index is 218. The molecule has 1 aliphatic heterocycles. The largest absolute Gasteiger partial charge is 0.354 e. The van der Waals surface area contributed by atoms with Crippen molar-refractivity contribution >= 4 is 5.91 Å². The van der Waals surface area contributed by atoms with Crippen LogP contribution >= 0.6 is 0 Å². The molecule has 0 saturated carbocycles. The Morgan fingerprint density at radius 3 is 2.88 bits per heavy atom. The zero-order valence-electron chi connectivity index (χ0n) is 10.8. The number of nitrogens with zero attached hydrogens (tertiary/aromatic N) is 2. The molecule has 1 aliphatic rings. The van der Waals surface area contributed by atoms with E-state index >= 15 is 0 Å². The Morgan fingerprint density at radius 2 is 2.25 bits per heavy atom. The molecular formula is C12H25N3O. The van der Waals surface area contributed by atoms with Gasteiger partial charge in [0.25, 0.3) is 0 Å². The van der Waals surface area contributed by atoms with Gasteiger partial charge in [-0.15, -0.1) is 0 Å². The molecule has 0 aromatic carbocycles. The first-order valence-electron chi connectivity index (χ1n) is 6.21. The third-order valence-corrected chi connectivity index (χ3v) is 2.99. The SMILES string of the molecule is CC1CCCN(CC(=O)NCCN(C)C)C1. The third-order valence-electron chi connectivity index (χ3n) is 2.99. The number of carbonyl (C=O) groups is 1. The molecule has 1 heterocycles. The average Bonchev–Trinajstić information content (AvgIpc) is 2.16.